The van der Waals surface area contributed by atoms with Crippen molar-refractivity contribution in [2.24, 2.45) is 0 Å². The van der Waals surface area contributed by atoms with Gasteiger partial charge in [-0.2, -0.15) is 0 Å². The van der Waals surface area contributed by atoms with Crippen molar-refractivity contribution in [3.63, 3.8) is 0 Å². The first-order chi connectivity index (χ1) is 13.8. The average molecular weight is 397 g/mol. The van der Waals surface area contributed by atoms with Gasteiger partial charge in [-0.05, 0) is 44.4 Å². The van der Waals surface area contributed by atoms with E-state index < -0.39 is 12.0 Å². The number of rotatable bonds is 9. The van der Waals surface area contributed by atoms with Gasteiger partial charge in [0.2, 0.25) is 0 Å². The molecule has 0 aromatic heterocycles. The smallest absolute Gasteiger partial charge is 0.319 e. The summed E-state index contributed by atoms with van der Waals surface area (Å²) in [6.07, 6.45) is 0.775. The lowest BCUT2D eigenvalue weighted by Crippen LogP contribution is -2.38. The molecule has 7 nitrogen and oxygen atoms in total. The summed E-state index contributed by atoms with van der Waals surface area (Å²) >= 11 is 0. The van der Waals surface area contributed by atoms with E-state index in [1.165, 1.54) is 0 Å². The van der Waals surface area contributed by atoms with Crippen LogP contribution in [0.3, 0.4) is 0 Å². The molecule has 0 aliphatic rings. The first kappa shape index (κ1) is 21.9. The monoisotopic (exact) mass is 397 g/mol. The highest BCUT2D eigenvalue weighted by atomic mass is 16.4. The number of hydrogen-bond donors (Lipinski definition) is 4. The lowest BCUT2D eigenvalue weighted by Gasteiger charge is -2.20. The molecular weight excluding hydrogens is 370 g/mol. The van der Waals surface area contributed by atoms with Crippen molar-refractivity contribution in [2.45, 2.75) is 45.2 Å². The van der Waals surface area contributed by atoms with Crippen LogP contribution in [0.25, 0.3) is 0 Å². The number of nitrogens with one attached hydrogen (secondary N) is 3. The molecule has 0 radical (unpaired) electrons. The Morgan fingerprint density at radius 3 is 2.24 bits per heavy atom. The lowest BCUT2D eigenvalue weighted by atomic mass is 10.0. The Balaban J connectivity index is 2.13. The number of para-hydroxylation sites is 1. The Labute approximate surface area is 170 Å². The minimum Gasteiger partial charge on any atom is -0.481 e. The van der Waals surface area contributed by atoms with E-state index in [0.717, 1.165) is 5.56 Å². The molecule has 154 valence electrons. The maximum atomic E-state index is 12.9. The number of urea groups is 1. The minimum absolute atomic E-state index is 0.0396. The van der Waals surface area contributed by atoms with E-state index in [1.807, 2.05) is 44.2 Å². The first-order valence-electron chi connectivity index (χ1n) is 9.58. The predicted molar refractivity (Wildman–Crippen MR) is 112 cm³/mol. The third-order valence-electron chi connectivity index (χ3n) is 4.21. The summed E-state index contributed by atoms with van der Waals surface area (Å²) in [6, 6.07) is 15.5. The van der Waals surface area contributed by atoms with E-state index in [-0.39, 0.29) is 24.4 Å². The van der Waals surface area contributed by atoms with Gasteiger partial charge in [0.15, 0.2) is 0 Å². The summed E-state index contributed by atoms with van der Waals surface area (Å²) in [7, 11) is 0. The second kappa shape index (κ2) is 10.8. The largest absolute Gasteiger partial charge is 0.481 e. The number of carbonyl (C=O) groups excluding carboxylic acids is 2. The molecule has 29 heavy (non-hydrogen) atoms. The molecule has 4 N–H and O–H groups in total. The van der Waals surface area contributed by atoms with Crippen LogP contribution in [0.4, 0.5) is 10.5 Å². The third-order valence-corrected chi connectivity index (χ3v) is 4.21. The molecule has 0 heterocycles. The van der Waals surface area contributed by atoms with Crippen molar-refractivity contribution >= 4 is 23.6 Å². The van der Waals surface area contributed by atoms with Crippen molar-refractivity contribution < 1.29 is 19.5 Å². The van der Waals surface area contributed by atoms with Crippen molar-refractivity contribution in [2.75, 3.05) is 5.32 Å². The fourth-order valence-electron chi connectivity index (χ4n) is 2.90. The molecule has 2 rings (SSSR count). The van der Waals surface area contributed by atoms with Crippen LogP contribution < -0.4 is 16.0 Å². The molecule has 0 spiro atoms. The number of amides is 3. The van der Waals surface area contributed by atoms with Gasteiger partial charge in [0.1, 0.15) is 0 Å². The van der Waals surface area contributed by atoms with Gasteiger partial charge >= 0.3 is 12.0 Å². The summed E-state index contributed by atoms with van der Waals surface area (Å²) in [5, 5.41) is 17.4. The highest BCUT2D eigenvalue weighted by molar-refractivity contribution is 6.03. The highest BCUT2D eigenvalue weighted by Gasteiger charge is 2.19. The zero-order valence-electron chi connectivity index (χ0n) is 16.6. The maximum absolute atomic E-state index is 12.9. The molecular formula is C22H27N3O4. The fraction of sp³-hybridized carbons (Fsp3) is 0.318. The van der Waals surface area contributed by atoms with E-state index in [0.29, 0.717) is 24.1 Å². The summed E-state index contributed by atoms with van der Waals surface area (Å²) < 4.78 is 0. The summed E-state index contributed by atoms with van der Waals surface area (Å²) in [5.41, 5.74) is 1.71. The van der Waals surface area contributed by atoms with Crippen LogP contribution in [-0.4, -0.2) is 35.1 Å². The molecule has 3 amide bonds. The molecule has 1 atom stereocenters. The maximum Gasteiger partial charge on any atom is 0.319 e. The zero-order valence-corrected chi connectivity index (χ0v) is 16.6. The van der Waals surface area contributed by atoms with Crippen molar-refractivity contribution in [1.82, 2.24) is 10.6 Å². The molecule has 0 fully saturated rings. The normalized spacial score (nSPS) is 11.6. The fourth-order valence-corrected chi connectivity index (χ4v) is 2.90. The summed E-state index contributed by atoms with van der Waals surface area (Å²) in [4.78, 5) is 35.9. The van der Waals surface area contributed by atoms with Crippen molar-refractivity contribution in [3.8, 4) is 0 Å². The van der Waals surface area contributed by atoms with Gasteiger partial charge < -0.3 is 21.1 Å². The van der Waals surface area contributed by atoms with Gasteiger partial charge in [-0.3, -0.25) is 9.59 Å². The average Bonchev–Trinajstić information content (AvgIpc) is 2.66. The van der Waals surface area contributed by atoms with E-state index in [4.69, 9.17) is 5.11 Å². The van der Waals surface area contributed by atoms with E-state index in [2.05, 4.69) is 16.0 Å². The predicted octanol–water partition coefficient (Wildman–Crippen LogP) is 3.42. The Morgan fingerprint density at radius 1 is 0.931 bits per heavy atom. The van der Waals surface area contributed by atoms with Gasteiger partial charge in [-0.25, -0.2) is 4.79 Å². The van der Waals surface area contributed by atoms with Crippen LogP contribution in [0.2, 0.25) is 0 Å². The van der Waals surface area contributed by atoms with Crippen LogP contribution in [0.15, 0.2) is 54.6 Å². The first-order valence-corrected chi connectivity index (χ1v) is 9.58. The minimum atomic E-state index is -0.912. The molecule has 0 saturated heterocycles. The number of aliphatic carboxylic acids is 1. The van der Waals surface area contributed by atoms with Crippen molar-refractivity contribution in [3.05, 3.63) is 65.7 Å². The molecule has 0 aliphatic carbocycles. The molecule has 2 aromatic rings. The quantitative estimate of drug-likeness (QED) is 0.520. The van der Waals surface area contributed by atoms with E-state index >= 15 is 0 Å². The topological polar surface area (TPSA) is 108 Å². The van der Waals surface area contributed by atoms with Crippen molar-refractivity contribution in [1.29, 1.82) is 0 Å². The Morgan fingerprint density at radius 2 is 1.59 bits per heavy atom. The Hall–Kier alpha value is -3.35. The van der Waals surface area contributed by atoms with E-state index in [9.17, 15) is 14.4 Å². The van der Waals surface area contributed by atoms with Gasteiger partial charge in [-0.15, -0.1) is 0 Å². The molecule has 0 aliphatic heterocycles. The number of benzene rings is 2. The standard InChI is InChI=1S/C22H27N3O4/c1-15(2)23-22(29)25-19-11-7-6-10-18(19)21(28)24-17(12-13-20(26)27)14-16-8-4-3-5-9-16/h3-11,15,17H,12-14H2,1-2H3,(H,24,28)(H,26,27)(H2,23,25,29). The Kier molecular flexibility index (Phi) is 8.21. The number of hydrogen-bond acceptors (Lipinski definition) is 3. The number of carboxylic acids is 1. The zero-order chi connectivity index (χ0) is 21.2. The van der Waals surface area contributed by atoms with Crippen LogP contribution in [-0.2, 0) is 11.2 Å². The molecule has 0 bridgehead atoms. The van der Waals surface area contributed by atoms with Crippen LogP contribution in [0.1, 0.15) is 42.6 Å². The van der Waals surface area contributed by atoms with Crippen LogP contribution >= 0.6 is 0 Å². The van der Waals surface area contributed by atoms with Gasteiger partial charge in [-0.1, -0.05) is 42.5 Å². The third kappa shape index (κ3) is 7.65. The summed E-state index contributed by atoms with van der Waals surface area (Å²) in [6.45, 7) is 3.68. The molecule has 2 aromatic carbocycles. The second-order valence-corrected chi connectivity index (χ2v) is 7.09. The highest BCUT2D eigenvalue weighted by Crippen LogP contribution is 2.16. The molecule has 1 unspecified atom stereocenters. The Bertz CT molecular complexity index is 837. The molecule has 7 heteroatoms. The number of anilines is 1. The molecule has 0 saturated carbocycles. The van der Waals surface area contributed by atoms with Gasteiger partial charge in [0.05, 0.1) is 11.3 Å². The van der Waals surface area contributed by atoms with Gasteiger partial charge in [0, 0.05) is 18.5 Å². The van der Waals surface area contributed by atoms with Gasteiger partial charge in [0.25, 0.3) is 5.91 Å². The second-order valence-electron chi connectivity index (χ2n) is 7.09. The lowest BCUT2D eigenvalue weighted by molar-refractivity contribution is -0.137. The SMILES string of the molecule is CC(C)NC(=O)Nc1ccccc1C(=O)NC(CCC(=O)O)Cc1ccccc1. The van der Waals surface area contributed by atoms with E-state index in [1.54, 1.807) is 24.3 Å². The number of carboxylic acid groups (broad SMARTS) is 1. The summed E-state index contributed by atoms with van der Waals surface area (Å²) in [5.74, 6) is -1.28. The number of carbonyl (C=O) groups is 3. The van der Waals surface area contributed by atoms with Crippen LogP contribution in [0, 0.1) is 0 Å². The van der Waals surface area contributed by atoms with Crippen LogP contribution in [0.5, 0.6) is 0 Å².